The normalized spacial score (nSPS) is 23.2. The fourth-order valence-electron chi connectivity index (χ4n) is 5.06. The van der Waals surface area contributed by atoms with Gasteiger partial charge in [0.1, 0.15) is 23.5 Å². The van der Waals surface area contributed by atoms with Gasteiger partial charge in [-0.05, 0) is 49.3 Å². The fraction of sp³-hybridized carbons (Fsp3) is 0.520. The third-order valence-electron chi connectivity index (χ3n) is 6.76. The van der Waals surface area contributed by atoms with Crippen molar-refractivity contribution in [3.05, 3.63) is 30.0 Å². The average Bonchev–Trinajstić information content (AvgIpc) is 3.25. The summed E-state index contributed by atoms with van der Waals surface area (Å²) in [6, 6.07) is 7.96. The number of nitriles is 1. The number of aromatic amines is 1. The van der Waals surface area contributed by atoms with Gasteiger partial charge in [-0.15, -0.1) is 0 Å². The predicted molar refractivity (Wildman–Crippen MR) is 126 cm³/mol. The zero-order chi connectivity index (χ0) is 24.5. The maximum Gasteiger partial charge on any atom is 0.268 e. The number of hydrogen-bond donors (Lipinski definition) is 3. The summed E-state index contributed by atoms with van der Waals surface area (Å²) < 4.78 is 5.37. The van der Waals surface area contributed by atoms with E-state index in [0.29, 0.717) is 43.8 Å². The van der Waals surface area contributed by atoms with Gasteiger partial charge in [-0.3, -0.25) is 14.4 Å². The number of hydrogen-bond acceptors (Lipinski definition) is 5. The molecule has 2 aliphatic heterocycles. The van der Waals surface area contributed by atoms with Crippen molar-refractivity contribution in [3.8, 4) is 11.8 Å². The molecule has 0 radical (unpaired) electrons. The first-order chi connectivity index (χ1) is 16.2. The molecule has 3 N–H and O–H groups in total. The maximum atomic E-state index is 13.4. The number of rotatable bonds is 6. The van der Waals surface area contributed by atoms with Crippen molar-refractivity contribution >= 4 is 28.6 Å². The van der Waals surface area contributed by atoms with Crippen LogP contribution in [0.3, 0.4) is 0 Å². The minimum absolute atomic E-state index is 0.0608. The Morgan fingerprint density at radius 2 is 2.18 bits per heavy atom. The van der Waals surface area contributed by atoms with E-state index < -0.39 is 18.0 Å². The molecule has 180 valence electrons. The van der Waals surface area contributed by atoms with Gasteiger partial charge in [0.05, 0.1) is 13.2 Å². The number of fused-ring (bicyclic) bond motifs is 1. The van der Waals surface area contributed by atoms with E-state index in [0.717, 1.165) is 17.3 Å². The monoisotopic (exact) mass is 465 g/mol. The largest absolute Gasteiger partial charge is 0.496 e. The molecule has 4 rings (SSSR count). The highest BCUT2D eigenvalue weighted by molar-refractivity contribution is 6.01. The zero-order valence-corrected chi connectivity index (χ0v) is 19.8. The maximum absolute atomic E-state index is 13.4. The van der Waals surface area contributed by atoms with Gasteiger partial charge in [-0.25, -0.2) is 0 Å². The van der Waals surface area contributed by atoms with E-state index in [-0.39, 0.29) is 23.1 Å². The number of piperidine rings is 2. The van der Waals surface area contributed by atoms with Crippen LogP contribution >= 0.6 is 0 Å². The second-order valence-electron chi connectivity index (χ2n) is 9.98. The first-order valence-electron chi connectivity index (χ1n) is 11.7. The molecule has 2 aliphatic rings. The van der Waals surface area contributed by atoms with E-state index in [1.165, 1.54) is 0 Å². The number of carbonyl (C=O) groups is 3. The molecule has 2 saturated heterocycles. The number of ether oxygens (including phenoxy) is 1. The van der Waals surface area contributed by atoms with Crippen LogP contribution in [0.25, 0.3) is 10.9 Å². The Hall–Kier alpha value is -3.54. The fourth-order valence-corrected chi connectivity index (χ4v) is 5.06. The van der Waals surface area contributed by atoms with Crippen LogP contribution in [-0.4, -0.2) is 59.9 Å². The van der Waals surface area contributed by atoms with Crippen molar-refractivity contribution in [3.63, 3.8) is 0 Å². The summed E-state index contributed by atoms with van der Waals surface area (Å²) in [4.78, 5) is 43.3. The second kappa shape index (κ2) is 9.37. The smallest absolute Gasteiger partial charge is 0.268 e. The molecule has 34 heavy (non-hydrogen) atoms. The van der Waals surface area contributed by atoms with E-state index in [2.05, 4.69) is 21.7 Å². The molecule has 1 aromatic carbocycles. The summed E-state index contributed by atoms with van der Waals surface area (Å²) in [7, 11) is 1.57. The Labute approximate surface area is 198 Å². The van der Waals surface area contributed by atoms with Gasteiger partial charge in [0.2, 0.25) is 11.8 Å². The van der Waals surface area contributed by atoms with Gasteiger partial charge in [0.25, 0.3) is 5.91 Å². The number of nitrogens with one attached hydrogen (secondary N) is 3. The number of H-pyrrole nitrogens is 1. The molecule has 9 nitrogen and oxygen atoms in total. The Bertz CT molecular complexity index is 1150. The lowest BCUT2D eigenvalue weighted by Crippen LogP contribution is -2.60. The Morgan fingerprint density at radius 1 is 1.38 bits per heavy atom. The zero-order valence-electron chi connectivity index (χ0n) is 19.8. The molecule has 3 atom stereocenters. The van der Waals surface area contributed by atoms with E-state index in [9.17, 15) is 19.6 Å². The van der Waals surface area contributed by atoms with Gasteiger partial charge in [-0.2, -0.15) is 5.26 Å². The van der Waals surface area contributed by atoms with Crippen LogP contribution in [0.5, 0.6) is 5.75 Å². The molecule has 2 aromatic rings. The first kappa shape index (κ1) is 23.6. The molecule has 0 saturated carbocycles. The molecule has 0 spiro atoms. The minimum Gasteiger partial charge on any atom is -0.496 e. The molecule has 0 aliphatic carbocycles. The lowest BCUT2D eigenvalue weighted by Gasteiger charge is -2.44. The second-order valence-corrected chi connectivity index (χ2v) is 9.98. The summed E-state index contributed by atoms with van der Waals surface area (Å²) in [5.74, 6) is -0.379. The lowest BCUT2D eigenvalue weighted by molar-refractivity contribution is -0.142. The number of aromatic nitrogens is 1. The van der Waals surface area contributed by atoms with Crippen LogP contribution in [0.4, 0.5) is 0 Å². The molecule has 3 unspecified atom stereocenters. The van der Waals surface area contributed by atoms with Crippen molar-refractivity contribution in [2.75, 3.05) is 20.2 Å². The van der Waals surface area contributed by atoms with Gasteiger partial charge in [-0.1, -0.05) is 19.9 Å². The third-order valence-corrected chi connectivity index (χ3v) is 6.76. The number of likely N-dealkylation sites (tertiary alicyclic amines) is 1. The SMILES string of the molecule is COc1cccc2[nH]c(C(=O)NC3CC(C)(C)CN(C(C#N)CC4CCCNC4=O)C3=O)cc12. The van der Waals surface area contributed by atoms with Crippen LogP contribution < -0.4 is 15.4 Å². The van der Waals surface area contributed by atoms with Crippen LogP contribution in [0.15, 0.2) is 24.3 Å². The molecule has 3 heterocycles. The Kier molecular flexibility index (Phi) is 6.51. The summed E-state index contributed by atoms with van der Waals surface area (Å²) in [6.45, 7) is 5.08. The number of amides is 3. The number of methoxy groups -OCH3 is 1. The lowest BCUT2D eigenvalue weighted by atomic mass is 9.79. The van der Waals surface area contributed by atoms with Crippen LogP contribution in [0.1, 0.15) is 50.0 Å². The highest BCUT2D eigenvalue weighted by atomic mass is 16.5. The highest BCUT2D eigenvalue weighted by Gasteiger charge is 2.43. The molecule has 3 amide bonds. The standard InChI is InChI=1S/C25H31N5O4/c1-25(2)12-20(29-23(32)19-11-17-18(28-19)7-4-8-21(17)34-3)24(33)30(14-25)16(13-26)10-15-6-5-9-27-22(15)31/h4,7-8,11,15-16,20,28H,5-6,9-10,12,14H2,1-3H3,(H,27,31)(H,29,32). The van der Waals surface area contributed by atoms with E-state index in [1.807, 2.05) is 32.0 Å². The van der Waals surface area contributed by atoms with Crippen LogP contribution in [-0.2, 0) is 9.59 Å². The third kappa shape index (κ3) is 4.72. The van der Waals surface area contributed by atoms with Gasteiger partial charge < -0.3 is 25.3 Å². The number of nitrogens with zero attached hydrogens (tertiary/aromatic N) is 2. The van der Waals surface area contributed by atoms with Crippen molar-refractivity contribution in [2.45, 2.75) is 51.6 Å². The highest BCUT2D eigenvalue weighted by Crippen LogP contribution is 2.33. The van der Waals surface area contributed by atoms with Gasteiger partial charge in [0, 0.05) is 29.9 Å². The molecule has 9 heteroatoms. The van der Waals surface area contributed by atoms with Crippen molar-refractivity contribution in [1.29, 1.82) is 5.26 Å². The average molecular weight is 466 g/mol. The van der Waals surface area contributed by atoms with Gasteiger partial charge in [0.15, 0.2) is 0 Å². The van der Waals surface area contributed by atoms with Crippen LogP contribution in [0, 0.1) is 22.7 Å². The van der Waals surface area contributed by atoms with E-state index in [4.69, 9.17) is 4.74 Å². The Morgan fingerprint density at radius 3 is 2.88 bits per heavy atom. The van der Waals surface area contributed by atoms with Crippen molar-refractivity contribution < 1.29 is 19.1 Å². The molecule has 1 aromatic heterocycles. The van der Waals surface area contributed by atoms with E-state index >= 15 is 0 Å². The number of carbonyl (C=O) groups excluding carboxylic acids is 3. The van der Waals surface area contributed by atoms with Gasteiger partial charge >= 0.3 is 0 Å². The quantitative estimate of drug-likeness (QED) is 0.603. The van der Waals surface area contributed by atoms with Crippen LogP contribution in [0.2, 0.25) is 0 Å². The molecular weight excluding hydrogens is 434 g/mol. The summed E-state index contributed by atoms with van der Waals surface area (Å²) in [5.41, 5.74) is 0.786. The molecule has 0 bridgehead atoms. The van der Waals surface area contributed by atoms with Crippen molar-refractivity contribution in [2.24, 2.45) is 11.3 Å². The number of benzene rings is 1. The topological polar surface area (TPSA) is 127 Å². The molecular formula is C25H31N5O4. The summed E-state index contributed by atoms with van der Waals surface area (Å²) in [5, 5.41) is 16.4. The van der Waals surface area contributed by atoms with E-state index in [1.54, 1.807) is 18.1 Å². The first-order valence-corrected chi connectivity index (χ1v) is 11.7. The van der Waals surface area contributed by atoms with Crippen molar-refractivity contribution in [1.82, 2.24) is 20.5 Å². The minimum atomic E-state index is -0.763. The summed E-state index contributed by atoms with van der Waals surface area (Å²) >= 11 is 0. The summed E-state index contributed by atoms with van der Waals surface area (Å²) in [6.07, 6.45) is 2.33. The molecule has 2 fully saturated rings. The predicted octanol–water partition coefficient (Wildman–Crippen LogP) is 2.34. The Balaban J connectivity index is 1.52.